The smallest absolute Gasteiger partial charge is 0.124 e. The predicted molar refractivity (Wildman–Crippen MR) is 86.4 cm³/mol. The van der Waals surface area contributed by atoms with E-state index in [1.54, 1.807) is 7.11 Å². The van der Waals surface area contributed by atoms with E-state index in [-0.39, 0.29) is 0 Å². The predicted octanol–water partition coefficient (Wildman–Crippen LogP) is 2.84. The highest BCUT2D eigenvalue weighted by Gasteiger charge is 2.07. The first kappa shape index (κ1) is 16.0. The number of ether oxygens (including phenoxy) is 1. The van der Waals surface area contributed by atoms with E-state index in [1.807, 2.05) is 29.1 Å². The van der Waals surface area contributed by atoms with Gasteiger partial charge in [-0.1, -0.05) is 35.0 Å². The van der Waals surface area contributed by atoms with Crippen molar-refractivity contribution in [3.63, 3.8) is 0 Å². The van der Waals surface area contributed by atoms with Gasteiger partial charge in [0.1, 0.15) is 5.75 Å². The van der Waals surface area contributed by atoms with Crippen LogP contribution >= 0.6 is 15.9 Å². The molecule has 114 valence electrons. The van der Waals surface area contributed by atoms with Crippen molar-refractivity contribution in [2.45, 2.75) is 26.9 Å². The lowest BCUT2D eigenvalue weighted by Crippen LogP contribution is -2.19. The van der Waals surface area contributed by atoms with Gasteiger partial charge in [0.2, 0.25) is 0 Å². The normalized spacial score (nSPS) is 11.1. The zero-order valence-electron chi connectivity index (χ0n) is 12.6. The van der Waals surface area contributed by atoms with Gasteiger partial charge >= 0.3 is 0 Å². The van der Waals surface area contributed by atoms with Crippen LogP contribution in [0.25, 0.3) is 0 Å². The SMILES string of the molecule is COc1ccc(Br)cc1Cn1cc(CNCC(C)C)nn1. The Morgan fingerprint density at radius 2 is 2.19 bits per heavy atom. The zero-order chi connectivity index (χ0) is 15.2. The Labute approximate surface area is 133 Å². The largest absolute Gasteiger partial charge is 0.496 e. The summed E-state index contributed by atoms with van der Waals surface area (Å²) in [6.07, 6.45) is 1.97. The minimum Gasteiger partial charge on any atom is -0.496 e. The second-order valence-corrected chi connectivity index (χ2v) is 6.30. The summed E-state index contributed by atoms with van der Waals surface area (Å²) in [5, 5.41) is 11.7. The molecule has 0 saturated carbocycles. The summed E-state index contributed by atoms with van der Waals surface area (Å²) in [4.78, 5) is 0. The van der Waals surface area contributed by atoms with Crippen LogP contribution in [0.3, 0.4) is 0 Å². The van der Waals surface area contributed by atoms with Crippen molar-refractivity contribution in [3.05, 3.63) is 40.1 Å². The summed E-state index contributed by atoms with van der Waals surface area (Å²) in [5.74, 6) is 1.49. The molecular weight excluding hydrogens is 332 g/mol. The van der Waals surface area contributed by atoms with E-state index in [2.05, 4.69) is 45.4 Å². The average Bonchev–Trinajstić information content (AvgIpc) is 2.86. The number of nitrogens with one attached hydrogen (secondary N) is 1. The Balaban J connectivity index is 2.00. The number of nitrogens with zero attached hydrogens (tertiary/aromatic N) is 3. The number of benzene rings is 1. The first-order chi connectivity index (χ1) is 10.1. The van der Waals surface area contributed by atoms with E-state index in [0.717, 1.165) is 34.6 Å². The highest BCUT2D eigenvalue weighted by Crippen LogP contribution is 2.23. The van der Waals surface area contributed by atoms with Crippen LogP contribution in [-0.2, 0) is 13.1 Å². The molecule has 0 aliphatic heterocycles. The molecule has 0 bridgehead atoms. The molecule has 2 rings (SSSR count). The van der Waals surface area contributed by atoms with E-state index in [9.17, 15) is 0 Å². The highest BCUT2D eigenvalue weighted by atomic mass is 79.9. The summed E-state index contributed by atoms with van der Waals surface area (Å²) in [5.41, 5.74) is 2.02. The van der Waals surface area contributed by atoms with E-state index in [1.165, 1.54) is 0 Å². The Bertz CT molecular complexity index is 583. The molecule has 21 heavy (non-hydrogen) atoms. The molecule has 0 atom stereocenters. The van der Waals surface area contributed by atoms with Crippen LogP contribution in [-0.4, -0.2) is 28.6 Å². The Kier molecular flexibility index (Phi) is 5.76. The van der Waals surface area contributed by atoms with Gasteiger partial charge < -0.3 is 10.1 Å². The van der Waals surface area contributed by atoms with Crippen molar-refractivity contribution in [1.82, 2.24) is 20.3 Å². The van der Waals surface area contributed by atoms with Crippen LogP contribution in [0.5, 0.6) is 5.75 Å². The summed E-state index contributed by atoms with van der Waals surface area (Å²) in [7, 11) is 1.68. The lowest BCUT2D eigenvalue weighted by atomic mass is 10.2. The second kappa shape index (κ2) is 7.56. The quantitative estimate of drug-likeness (QED) is 0.832. The monoisotopic (exact) mass is 352 g/mol. The molecule has 0 radical (unpaired) electrons. The highest BCUT2D eigenvalue weighted by molar-refractivity contribution is 9.10. The van der Waals surface area contributed by atoms with Crippen molar-refractivity contribution in [3.8, 4) is 5.75 Å². The first-order valence-corrected chi connectivity index (χ1v) is 7.80. The summed E-state index contributed by atoms with van der Waals surface area (Å²) in [6.45, 7) is 6.73. The number of hydrogen-bond donors (Lipinski definition) is 1. The zero-order valence-corrected chi connectivity index (χ0v) is 14.2. The lowest BCUT2D eigenvalue weighted by Gasteiger charge is -2.08. The molecular formula is C15H21BrN4O. The molecule has 1 heterocycles. The maximum absolute atomic E-state index is 5.38. The second-order valence-electron chi connectivity index (χ2n) is 5.39. The number of rotatable bonds is 7. The number of methoxy groups -OCH3 is 1. The van der Waals surface area contributed by atoms with Crippen molar-refractivity contribution in [2.24, 2.45) is 5.92 Å². The molecule has 1 N–H and O–H groups in total. The van der Waals surface area contributed by atoms with Gasteiger partial charge in [0, 0.05) is 16.6 Å². The van der Waals surface area contributed by atoms with Crippen LogP contribution in [0.2, 0.25) is 0 Å². The third kappa shape index (κ3) is 4.82. The van der Waals surface area contributed by atoms with Crippen LogP contribution in [0.15, 0.2) is 28.9 Å². The fourth-order valence-electron chi connectivity index (χ4n) is 2.03. The van der Waals surface area contributed by atoms with Crippen LogP contribution < -0.4 is 10.1 Å². The molecule has 0 aliphatic rings. The van der Waals surface area contributed by atoms with E-state index in [4.69, 9.17) is 4.74 Å². The van der Waals surface area contributed by atoms with Crippen molar-refractivity contribution < 1.29 is 4.74 Å². The summed E-state index contributed by atoms with van der Waals surface area (Å²) in [6, 6.07) is 5.95. The van der Waals surface area contributed by atoms with E-state index >= 15 is 0 Å². The molecule has 0 spiro atoms. The van der Waals surface area contributed by atoms with Gasteiger partial charge in [0.15, 0.2) is 0 Å². The Morgan fingerprint density at radius 3 is 2.90 bits per heavy atom. The van der Waals surface area contributed by atoms with Gasteiger partial charge in [-0.25, -0.2) is 4.68 Å². The van der Waals surface area contributed by atoms with Gasteiger partial charge in [-0.05, 0) is 30.7 Å². The number of aromatic nitrogens is 3. The molecule has 0 saturated heterocycles. The van der Waals surface area contributed by atoms with Crippen molar-refractivity contribution in [2.75, 3.05) is 13.7 Å². The molecule has 0 amide bonds. The minimum absolute atomic E-state index is 0.631. The molecule has 1 aromatic carbocycles. The maximum Gasteiger partial charge on any atom is 0.124 e. The lowest BCUT2D eigenvalue weighted by molar-refractivity contribution is 0.407. The number of halogens is 1. The topological polar surface area (TPSA) is 52.0 Å². The Hall–Kier alpha value is -1.40. The van der Waals surface area contributed by atoms with Gasteiger partial charge in [-0.2, -0.15) is 0 Å². The van der Waals surface area contributed by atoms with Crippen LogP contribution in [0.4, 0.5) is 0 Å². The van der Waals surface area contributed by atoms with Crippen LogP contribution in [0.1, 0.15) is 25.1 Å². The first-order valence-electron chi connectivity index (χ1n) is 7.00. The molecule has 6 heteroatoms. The standard InChI is InChI=1S/C15H21BrN4O/c1-11(2)7-17-8-14-10-20(19-18-14)9-12-6-13(16)4-5-15(12)21-3/h4-6,10-11,17H,7-9H2,1-3H3. The molecule has 1 aromatic heterocycles. The molecule has 0 fully saturated rings. The van der Waals surface area contributed by atoms with Gasteiger partial charge in [-0.15, -0.1) is 5.10 Å². The van der Waals surface area contributed by atoms with E-state index < -0.39 is 0 Å². The minimum atomic E-state index is 0.631. The summed E-state index contributed by atoms with van der Waals surface area (Å²) >= 11 is 3.48. The van der Waals surface area contributed by atoms with E-state index in [0.29, 0.717) is 12.5 Å². The Morgan fingerprint density at radius 1 is 1.38 bits per heavy atom. The molecule has 5 nitrogen and oxygen atoms in total. The van der Waals surface area contributed by atoms with Gasteiger partial charge in [0.05, 0.1) is 25.5 Å². The fourth-order valence-corrected chi connectivity index (χ4v) is 2.44. The van der Waals surface area contributed by atoms with Crippen molar-refractivity contribution in [1.29, 1.82) is 0 Å². The third-order valence-corrected chi connectivity index (χ3v) is 3.51. The van der Waals surface area contributed by atoms with Crippen molar-refractivity contribution >= 4 is 15.9 Å². The third-order valence-electron chi connectivity index (χ3n) is 3.02. The number of hydrogen-bond acceptors (Lipinski definition) is 4. The molecule has 0 aliphatic carbocycles. The van der Waals surface area contributed by atoms with Crippen LogP contribution in [0, 0.1) is 5.92 Å². The van der Waals surface area contributed by atoms with Gasteiger partial charge in [0.25, 0.3) is 0 Å². The van der Waals surface area contributed by atoms with Gasteiger partial charge in [-0.3, -0.25) is 0 Å². The summed E-state index contributed by atoms with van der Waals surface area (Å²) < 4.78 is 8.23. The molecule has 2 aromatic rings. The fraction of sp³-hybridized carbons (Fsp3) is 0.467. The molecule has 0 unspecified atom stereocenters. The average molecular weight is 353 g/mol. The maximum atomic E-state index is 5.38.